The molecule has 0 aromatic heterocycles. The van der Waals surface area contributed by atoms with Gasteiger partial charge in [0.2, 0.25) is 0 Å². The Balaban J connectivity index is 1.90. The molecule has 1 aliphatic rings. The first-order valence-corrected chi connectivity index (χ1v) is 6.23. The Hall–Kier alpha value is -0.300. The van der Waals surface area contributed by atoms with Gasteiger partial charge < -0.3 is 20.7 Å². The molecule has 4 nitrogen and oxygen atoms in total. The van der Waals surface area contributed by atoms with Crippen molar-refractivity contribution in [2.24, 2.45) is 5.73 Å². The van der Waals surface area contributed by atoms with Crippen molar-refractivity contribution >= 4 is 0 Å². The average Bonchev–Trinajstić information content (AvgIpc) is 2.35. The first kappa shape index (κ1) is 14.8. The summed E-state index contributed by atoms with van der Waals surface area (Å²) < 4.78 is 30.3. The van der Waals surface area contributed by atoms with E-state index in [1.54, 1.807) is 0 Å². The van der Waals surface area contributed by atoms with Crippen molar-refractivity contribution in [3.05, 3.63) is 0 Å². The quantitative estimate of drug-likeness (QED) is 0.609. The minimum Gasteiger partial charge on any atom is -0.375 e. The maximum Gasteiger partial charge on any atom is 0.282 e. The molecule has 102 valence electrons. The molecule has 0 bridgehead atoms. The third-order valence-electron chi connectivity index (χ3n) is 2.83. The van der Waals surface area contributed by atoms with Crippen LogP contribution in [0.4, 0.5) is 8.78 Å². The van der Waals surface area contributed by atoms with Gasteiger partial charge in [-0.1, -0.05) is 0 Å². The van der Waals surface area contributed by atoms with Gasteiger partial charge in [-0.15, -0.1) is 0 Å². The van der Waals surface area contributed by atoms with Gasteiger partial charge in [0.05, 0.1) is 6.54 Å². The van der Waals surface area contributed by atoms with Crippen LogP contribution >= 0.6 is 0 Å². The summed E-state index contributed by atoms with van der Waals surface area (Å²) in [6.07, 6.45) is 1.82. The molecular formula is C11H23F2N3O. The van der Waals surface area contributed by atoms with Crippen molar-refractivity contribution in [1.82, 2.24) is 10.2 Å². The van der Waals surface area contributed by atoms with Gasteiger partial charge in [0, 0.05) is 32.8 Å². The molecule has 0 aromatic carbocycles. The Bertz CT molecular complexity index is 199. The van der Waals surface area contributed by atoms with Gasteiger partial charge in [-0.05, 0) is 19.4 Å². The van der Waals surface area contributed by atoms with E-state index in [-0.39, 0.29) is 0 Å². The summed E-state index contributed by atoms with van der Waals surface area (Å²) in [5.41, 5.74) is 4.90. The van der Waals surface area contributed by atoms with Crippen LogP contribution in [0.5, 0.6) is 0 Å². The lowest BCUT2D eigenvalue weighted by atomic mass is 10.2. The highest BCUT2D eigenvalue weighted by atomic mass is 19.3. The Morgan fingerprint density at radius 1 is 1.24 bits per heavy atom. The van der Waals surface area contributed by atoms with Gasteiger partial charge in [0.1, 0.15) is 6.61 Å². The number of rotatable bonds is 8. The number of hydrogen-bond donors (Lipinski definition) is 2. The van der Waals surface area contributed by atoms with Crippen LogP contribution in [0, 0.1) is 0 Å². The van der Waals surface area contributed by atoms with E-state index in [1.807, 2.05) is 0 Å². The van der Waals surface area contributed by atoms with Crippen molar-refractivity contribution in [3.63, 3.8) is 0 Å². The maximum atomic E-state index is 12.7. The van der Waals surface area contributed by atoms with E-state index >= 15 is 0 Å². The van der Waals surface area contributed by atoms with E-state index in [9.17, 15) is 8.78 Å². The van der Waals surface area contributed by atoms with Crippen molar-refractivity contribution in [2.75, 3.05) is 52.5 Å². The Morgan fingerprint density at radius 2 is 1.94 bits per heavy atom. The fourth-order valence-electron chi connectivity index (χ4n) is 1.75. The van der Waals surface area contributed by atoms with Gasteiger partial charge in [-0.3, -0.25) is 0 Å². The molecule has 0 aliphatic carbocycles. The standard InChI is InChI=1S/C11H23F2N3O/c12-11(13,9-14)10-17-8-2-1-5-16-6-3-15-4-7-16/h15H,1-10,14H2. The molecular weight excluding hydrogens is 228 g/mol. The average molecular weight is 251 g/mol. The van der Waals surface area contributed by atoms with E-state index in [1.165, 1.54) is 0 Å². The molecule has 1 rings (SSSR count). The molecule has 1 aliphatic heterocycles. The highest BCUT2D eigenvalue weighted by Crippen LogP contribution is 2.11. The molecule has 1 fully saturated rings. The van der Waals surface area contributed by atoms with Crippen LogP contribution < -0.4 is 11.1 Å². The number of ether oxygens (including phenoxy) is 1. The summed E-state index contributed by atoms with van der Waals surface area (Å²) >= 11 is 0. The van der Waals surface area contributed by atoms with Crippen LogP contribution in [0.3, 0.4) is 0 Å². The number of nitrogens with zero attached hydrogens (tertiary/aromatic N) is 1. The van der Waals surface area contributed by atoms with Crippen LogP contribution in [0.25, 0.3) is 0 Å². The van der Waals surface area contributed by atoms with Gasteiger partial charge >= 0.3 is 0 Å². The molecule has 0 amide bonds. The third-order valence-corrected chi connectivity index (χ3v) is 2.83. The molecule has 1 saturated heterocycles. The molecule has 0 spiro atoms. The number of unbranched alkanes of at least 4 members (excludes halogenated alkanes) is 1. The monoisotopic (exact) mass is 251 g/mol. The second kappa shape index (κ2) is 7.92. The minimum atomic E-state index is -2.88. The topological polar surface area (TPSA) is 50.5 Å². The zero-order valence-corrected chi connectivity index (χ0v) is 10.3. The Morgan fingerprint density at radius 3 is 2.59 bits per heavy atom. The zero-order valence-electron chi connectivity index (χ0n) is 10.3. The number of halogens is 2. The first-order chi connectivity index (χ1) is 8.14. The second-order valence-corrected chi connectivity index (χ2v) is 4.41. The Kier molecular flexibility index (Phi) is 6.87. The molecule has 0 saturated carbocycles. The normalized spacial score (nSPS) is 18.5. The van der Waals surface area contributed by atoms with Crippen LogP contribution in [-0.4, -0.2) is 63.3 Å². The fraction of sp³-hybridized carbons (Fsp3) is 1.00. The van der Waals surface area contributed by atoms with Crippen LogP contribution in [0.2, 0.25) is 0 Å². The lowest BCUT2D eigenvalue weighted by molar-refractivity contribution is -0.0699. The third kappa shape index (κ3) is 6.88. The number of piperazine rings is 1. The van der Waals surface area contributed by atoms with Crippen LogP contribution in [-0.2, 0) is 4.74 Å². The van der Waals surface area contributed by atoms with Crippen molar-refractivity contribution < 1.29 is 13.5 Å². The van der Waals surface area contributed by atoms with Crippen molar-refractivity contribution in [3.8, 4) is 0 Å². The molecule has 0 atom stereocenters. The Labute approximate surface area is 101 Å². The largest absolute Gasteiger partial charge is 0.375 e. The predicted octanol–water partition coefficient (Wildman–Crippen LogP) is 0.282. The fourth-order valence-corrected chi connectivity index (χ4v) is 1.75. The number of alkyl halides is 2. The molecule has 3 N–H and O–H groups in total. The number of hydrogen-bond acceptors (Lipinski definition) is 4. The van der Waals surface area contributed by atoms with E-state index in [0.717, 1.165) is 45.6 Å². The molecule has 0 unspecified atom stereocenters. The van der Waals surface area contributed by atoms with Crippen LogP contribution in [0.15, 0.2) is 0 Å². The molecule has 0 aromatic rings. The number of nitrogens with two attached hydrogens (primary N) is 1. The summed E-state index contributed by atoms with van der Waals surface area (Å²) in [4.78, 5) is 2.38. The maximum absolute atomic E-state index is 12.7. The molecule has 1 heterocycles. The number of nitrogens with one attached hydrogen (secondary N) is 1. The smallest absolute Gasteiger partial charge is 0.282 e. The summed E-state index contributed by atoms with van der Waals surface area (Å²) in [5, 5.41) is 3.29. The van der Waals surface area contributed by atoms with Crippen LogP contribution in [0.1, 0.15) is 12.8 Å². The van der Waals surface area contributed by atoms with E-state index in [4.69, 9.17) is 10.5 Å². The lowest BCUT2D eigenvalue weighted by Crippen LogP contribution is -2.43. The minimum absolute atomic E-state index is 0.391. The lowest BCUT2D eigenvalue weighted by Gasteiger charge is -2.27. The van der Waals surface area contributed by atoms with Crippen molar-refractivity contribution in [1.29, 1.82) is 0 Å². The molecule has 0 radical (unpaired) electrons. The van der Waals surface area contributed by atoms with Gasteiger partial charge in [-0.25, -0.2) is 8.78 Å². The summed E-state index contributed by atoms with van der Waals surface area (Å²) in [6, 6.07) is 0. The van der Waals surface area contributed by atoms with Gasteiger partial charge in [-0.2, -0.15) is 0 Å². The summed E-state index contributed by atoms with van der Waals surface area (Å²) in [5.74, 6) is -2.88. The summed E-state index contributed by atoms with van der Waals surface area (Å²) in [6.45, 7) is 4.45. The highest BCUT2D eigenvalue weighted by molar-refractivity contribution is 4.67. The van der Waals surface area contributed by atoms with Gasteiger partial charge in [0.25, 0.3) is 5.92 Å². The highest BCUT2D eigenvalue weighted by Gasteiger charge is 2.26. The van der Waals surface area contributed by atoms with E-state index < -0.39 is 19.1 Å². The molecule has 17 heavy (non-hydrogen) atoms. The SMILES string of the molecule is NCC(F)(F)COCCCCN1CCNCC1. The second-order valence-electron chi connectivity index (χ2n) is 4.41. The van der Waals surface area contributed by atoms with E-state index in [2.05, 4.69) is 10.2 Å². The zero-order chi connectivity index (χ0) is 12.6. The predicted molar refractivity (Wildman–Crippen MR) is 63.4 cm³/mol. The van der Waals surface area contributed by atoms with E-state index in [0.29, 0.717) is 6.61 Å². The van der Waals surface area contributed by atoms with Gasteiger partial charge in [0.15, 0.2) is 0 Å². The summed E-state index contributed by atoms with van der Waals surface area (Å²) in [7, 11) is 0. The first-order valence-electron chi connectivity index (χ1n) is 6.23. The van der Waals surface area contributed by atoms with Crippen molar-refractivity contribution in [2.45, 2.75) is 18.8 Å². The molecule has 6 heteroatoms.